The van der Waals surface area contributed by atoms with E-state index in [0.29, 0.717) is 18.2 Å². The first-order chi connectivity index (χ1) is 13.2. The van der Waals surface area contributed by atoms with E-state index in [1.165, 1.54) is 32.1 Å². The van der Waals surface area contributed by atoms with Crippen LogP contribution in [-0.4, -0.2) is 74.0 Å². The van der Waals surface area contributed by atoms with Crippen LogP contribution in [0.2, 0.25) is 0 Å². The Morgan fingerprint density at radius 2 is 1.63 bits per heavy atom. The van der Waals surface area contributed by atoms with Crippen LogP contribution in [0.5, 0.6) is 0 Å². The molecule has 3 rings (SSSR count). The number of hydrogen-bond acceptors (Lipinski definition) is 4. The van der Waals surface area contributed by atoms with Crippen molar-refractivity contribution >= 4 is 11.8 Å². The summed E-state index contributed by atoms with van der Waals surface area (Å²) in [5.41, 5.74) is 0. The topological polar surface area (TPSA) is 64.7 Å². The summed E-state index contributed by atoms with van der Waals surface area (Å²) in [4.78, 5) is 29.1. The average molecular weight is 379 g/mol. The van der Waals surface area contributed by atoms with Gasteiger partial charge in [-0.1, -0.05) is 19.3 Å². The Hall–Kier alpha value is -1.14. The average Bonchev–Trinajstić information content (AvgIpc) is 2.74. The van der Waals surface area contributed by atoms with Crippen LogP contribution < -0.4 is 10.6 Å². The van der Waals surface area contributed by atoms with Crippen molar-refractivity contribution in [2.24, 2.45) is 11.8 Å². The van der Waals surface area contributed by atoms with E-state index < -0.39 is 0 Å². The molecule has 0 unspecified atom stereocenters. The van der Waals surface area contributed by atoms with Gasteiger partial charge in [0.15, 0.2) is 0 Å². The summed E-state index contributed by atoms with van der Waals surface area (Å²) >= 11 is 0. The Kier molecular flexibility index (Phi) is 8.39. The molecule has 2 N–H and O–H groups in total. The van der Waals surface area contributed by atoms with Crippen molar-refractivity contribution in [1.29, 1.82) is 0 Å². The zero-order valence-electron chi connectivity index (χ0n) is 16.9. The SMILES string of the molecule is O=C(CCC1CCNCC1)NCCN1CCN(C(=O)C2CCCCC2)CC1. The summed E-state index contributed by atoms with van der Waals surface area (Å²) in [6.45, 7) is 7.38. The lowest BCUT2D eigenvalue weighted by atomic mass is 9.88. The maximum atomic E-state index is 12.6. The molecule has 1 saturated carbocycles. The van der Waals surface area contributed by atoms with Gasteiger partial charge in [-0.3, -0.25) is 14.5 Å². The Morgan fingerprint density at radius 3 is 2.33 bits per heavy atom. The second-order valence-electron chi connectivity index (χ2n) is 8.58. The molecule has 27 heavy (non-hydrogen) atoms. The van der Waals surface area contributed by atoms with E-state index in [4.69, 9.17) is 0 Å². The molecule has 2 heterocycles. The zero-order valence-corrected chi connectivity index (χ0v) is 16.9. The number of amides is 2. The van der Waals surface area contributed by atoms with Gasteiger partial charge in [-0.05, 0) is 51.1 Å². The predicted molar refractivity (Wildman–Crippen MR) is 107 cm³/mol. The normalized spacial score (nSPS) is 23.3. The zero-order chi connectivity index (χ0) is 18.9. The first kappa shape index (κ1) is 20.6. The molecule has 6 heteroatoms. The number of nitrogens with zero attached hydrogens (tertiary/aromatic N) is 2. The highest BCUT2D eigenvalue weighted by molar-refractivity contribution is 5.79. The van der Waals surface area contributed by atoms with E-state index in [1.54, 1.807) is 0 Å². The molecule has 3 aliphatic rings. The van der Waals surface area contributed by atoms with Crippen LogP contribution in [0.3, 0.4) is 0 Å². The number of carbonyl (C=O) groups excluding carboxylic acids is 2. The predicted octanol–water partition coefficient (Wildman–Crippen LogP) is 1.61. The van der Waals surface area contributed by atoms with E-state index in [1.807, 2.05) is 0 Å². The van der Waals surface area contributed by atoms with E-state index in [-0.39, 0.29) is 11.8 Å². The van der Waals surface area contributed by atoms with Gasteiger partial charge in [0.05, 0.1) is 0 Å². The van der Waals surface area contributed by atoms with Gasteiger partial charge < -0.3 is 15.5 Å². The molecule has 154 valence electrons. The number of piperazine rings is 1. The molecule has 1 aliphatic carbocycles. The van der Waals surface area contributed by atoms with Crippen LogP contribution in [0.25, 0.3) is 0 Å². The standard InChI is InChI=1S/C21H38N4O2/c26-20(7-6-18-8-10-22-11-9-18)23-12-13-24-14-16-25(17-15-24)21(27)19-4-2-1-3-5-19/h18-19,22H,1-17H2,(H,23,26). The molecule has 0 spiro atoms. The van der Waals surface area contributed by atoms with E-state index in [0.717, 1.165) is 71.6 Å². The van der Waals surface area contributed by atoms with Crippen molar-refractivity contribution in [3.8, 4) is 0 Å². The molecular formula is C21H38N4O2. The highest BCUT2D eigenvalue weighted by atomic mass is 16.2. The molecule has 0 aromatic rings. The quantitative estimate of drug-likeness (QED) is 0.706. The van der Waals surface area contributed by atoms with Gasteiger partial charge in [-0.15, -0.1) is 0 Å². The Morgan fingerprint density at radius 1 is 0.926 bits per heavy atom. The molecular weight excluding hydrogens is 340 g/mol. The molecule has 2 saturated heterocycles. The first-order valence-corrected chi connectivity index (χ1v) is 11.2. The molecule has 0 aromatic carbocycles. The summed E-state index contributed by atoms with van der Waals surface area (Å²) in [6, 6.07) is 0. The van der Waals surface area contributed by atoms with Gasteiger partial charge in [0, 0.05) is 51.6 Å². The number of piperidine rings is 1. The fraction of sp³-hybridized carbons (Fsp3) is 0.905. The van der Waals surface area contributed by atoms with E-state index >= 15 is 0 Å². The third kappa shape index (κ3) is 6.75. The van der Waals surface area contributed by atoms with Crippen molar-refractivity contribution in [1.82, 2.24) is 20.4 Å². The highest BCUT2D eigenvalue weighted by Crippen LogP contribution is 2.25. The van der Waals surface area contributed by atoms with Crippen molar-refractivity contribution in [3.05, 3.63) is 0 Å². The van der Waals surface area contributed by atoms with Crippen LogP contribution in [0.4, 0.5) is 0 Å². The van der Waals surface area contributed by atoms with Crippen molar-refractivity contribution < 1.29 is 9.59 Å². The lowest BCUT2D eigenvalue weighted by Crippen LogP contribution is -2.51. The summed E-state index contributed by atoms with van der Waals surface area (Å²) in [6.07, 6.45) is 9.99. The summed E-state index contributed by atoms with van der Waals surface area (Å²) < 4.78 is 0. The first-order valence-electron chi connectivity index (χ1n) is 11.2. The van der Waals surface area contributed by atoms with Crippen LogP contribution in [0, 0.1) is 11.8 Å². The monoisotopic (exact) mass is 378 g/mol. The van der Waals surface area contributed by atoms with Crippen LogP contribution in [0.1, 0.15) is 57.8 Å². The maximum Gasteiger partial charge on any atom is 0.225 e. The van der Waals surface area contributed by atoms with Crippen LogP contribution in [0.15, 0.2) is 0 Å². The second-order valence-corrected chi connectivity index (χ2v) is 8.58. The fourth-order valence-electron chi connectivity index (χ4n) is 4.75. The lowest BCUT2D eigenvalue weighted by molar-refractivity contribution is -0.138. The molecule has 2 amide bonds. The summed E-state index contributed by atoms with van der Waals surface area (Å²) in [5, 5.41) is 6.45. The smallest absolute Gasteiger partial charge is 0.225 e. The number of carbonyl (C=O) groups is 2. The van der Waals surface area contributed by atoms with Crippen molar-refractivity contribution in [2.75, 3.05) is 52.4 Å². The van der Waals surface area contributed by atoms with Gasteiger partial charge in [0.1, 0.15) is 0 Å². The van der Waals surface area contributed by atoms with Gasteiger partial charge in [0.25, 0.3) is 0 Å². The molecule has 0 bridgehead atoms. The Balaban J connectivity index is 1.24. The molecule has 3 fully saturated rings. The van der Waals surface area contributed by atoms with Gasteiger partial charge >= 0.3 is 0 Å². The third-order valence-electron chi connectivity index (χ3n) is 6.63. The maximum absolute atomic E-state index is 12.6. The minimum absolute atomic E-state index is 0.194. The summed E-state index contributed by atoms with van der Waals surface area (Å²) in [5.74, 6) is 1.58. The Labute approximate surface area is 164 Å². The van der Waals surface area contributed by atoms with Gasteiger partial charge in [-0.2, -0.15) is 0 Å². The van der Waals surface area contributed by atoms with Crippen molar-refractivity contribution in [3.63, 3.8) is 0 Å². The molecule has 0 radical (unpaired) electrons. The number of nitrogens with one attached hydrogen (secondary N) is 2. The van der Waals surface area contributed by atoms with E-state index in [2.05, 4.69) is 20.4 Å². The summed E-state index contributed by atoms with van der Waals surface area (Å²) in [7, 11) is 0. The Bertz CT molecular complexity index is 465. The van der Waals surface area contributed by atoms with Gasteiger partial charge in [0.2, 0.25) is 11.8 Å². The van der Waals surface area contributed by atoms with E-state index in [9.17, 15) is 9.59 Å². The molecule has 0 atom stereocenters. The molecule has 2 aliphatic heterocycles. The molecule has 0 aromatic heterocycles. The highest BCUT2D eigenvalue weighted by Gasteiger charge is 2.28. The largest absolute Gasteiger partial charge is 0.355 e. The van der Waals surface area contributed by atoms with Crippen molar-refractivity contribution in [2.45, 2.75) is 57.8 Å². The number of rotatable bonds is 7. The van der Waals surface area contributed by atoms with Crippen LogP contribution in [-0.2, 0) is 9.59 Å². The minimum Gasteiger partial charge on any atom is -0.355 e. The fourth-order valence-corrected chi connectivity index (χ4v) is 4.75. The number of hydrogen-bond donors (Lipinski definition) is 2. The lowest BCUT2D eigenvalue weighted by Gasteiger charge is -2.37. The molecule has 6 nitrogen and oxygen atoms in total. The third-order valence-corrected chi connectivity index (χ3v) is 6.63. The van der Waals surface area contributed by atoms with Crippen LogP contribution >= 0.6 is 0 Å². The minimum atomic E-state index is 0.194. The van der Waals surface area contributed by atoms with Gasteiger partial charge in [-0.25, -0.2) is 0 Å². The second kappa shape index (κ2) is 11.0.